The van der Waals surface area contributed by atoms with Crippen LogP contribution in [-0.4, -0.2) is 46.1 Å². The third-order valence-corrected chi connectivity index (χ3v) is 4.45. The SMILES string of the molecule is NC(=O)N1CCC(OC(=O)c2ncsc2Nc2cccnc2)CC1. The zero-order chi connectivity index (χ0) is 16.9. The molecule has 0 atom stereocenters. The highest BCUT2D eigenvalue weighted by Crippen LogP contribution is 2.26. The van der Waals surface area contributed by atoms with Gasteiger partial charge in [0.05, 0.1) is 17.4 Å². The first-order chi connectivity index (χ1) is 11.6. The number of hydrogen-bond acceptors (Lipinski definition) is 7. The first kappa shape index (κ1) is 16.2. The van der Waals surface area contributed by atoms with Crippen molar-refractivity contribution in [3.8, 4) is 0 Å². The summed E-state index contributed by atoms with van der Waals surface area (Å²) in [4.78, 5) is 33.1. The van der Waals surface area contributed by atoms with E-state index in [9.17, 15) is 9.59 Å². The molecule has 0 saturated carbocycles. The number of amides is 2. The minimum atomic E-state index is -0.472. The molecule has 1 aliphatic heterocycles. The summed E-state index contributed by atoms with van der Waals surface area (Å²) < 4.78 is 5.51. The molecule has 0 aliphatic carbocycles. The summed E-state index contributed by atoms with van der Waals surface area (Å²) in [7, 11) is 0. The molecule has 0 bridgehead atoms. The maximum atomic E-state index is 12.4. The fraction of sp³-hybridized carbons (Fsp3) is 0.333. The minimum absolute atomic E-state index is 0.235. The Kier molecular flexibility index (Phi) is 4.90. The minimum Gasteiger partial charge on any atom is -0.457 e. The van der Waals surface area contributed by atoms with Crippen LogP contribution in [0, 0.1) is 0 Å². The van der Waals surface area contributed by atoms with Gasteiger partial charge in [-0.2, -0.15) is 0 Å². The van der Waals surface area contributed by atoms with Crippen molar-refractivity contribution < 1.29 is 14.3 Å². The van der Waals surface area contributed by atoms with E-state index in [0.29, 0.717) is 30.9 Å². The first-order valence-corrected chi connectivity index (χ1v) is 8.37. The number of rotatable bonds is 4. The number of hydrogen-bond donors (Lipinski definition) is 2. The van der Waals surface area contributed by atoms with E-state index < -0.39 is 12.0 Å². The highest BCUT2D eigenvalue weighted by atomic mass is 32.1. The van der Waals surface area contributed by atoms with Crippen molar-refractivity contribution in [3.63, 3.8) is 0 Å². The van der Waals surface area contributed by atoms with Crippen LogP contribution in [0.5, 0.6) is 0 Å². The molecular formula is C15H17N5O3S. The fourth-order valence-electron chi connectivity index (χ4n) is 2.45. The van der Waals surface area contributed by atoms with E-state index >= 15 is 0 Å². The highest BCUT2D eigenvalue weighted by molar-refractivity contribution is 7.14. The third-order valence-electron chi connectivity index (χ3n) is 3.71. The number of urea groups is 1. The number of carbonyl (C=O) groups is 2. The largest absolute Gasteiger partial charge is 0.457 e. The molecule has 0 spiro atoms. The molecule has 2 amide bonds. The number of pyridine rings is 1. The number of carbonyl (C=O) groups excluding carboxylic acids is 2. The van der Waals surface area contributed by atoms with Gasteiger partial charge in [-0.15, -0.1) is 11.3 Å². The maximum absolute atomic E-state index is 12.4. The van der Waals surface area contributed by atoms with Crippen molar-refractivity contribution >= 4 is 34.0 Å². The number of aromatic nitrogens is 2. The quantitative estimate of drug-likeness (QED) is 0.818. The molecule has 126 valence electrons. The lowest BCUT2D eigenvalue weighted by Gasteiger charge is -2.30. The number of nitrogens with zero attached hydrogens (tertiary/aromatic N) is 3. The Morgan fingerprint density at radius 3 is 2.83 bits per heavy atom. The number of ether oxygens (including phenoxy) is 1. The fourth-order valence-corrected chi connectivity index (χ4v) is 3.14. The molecule has 1 saturated heterocycles. The monoisotopic (exact) mass is 347 g/mol. The topological polar surface area (TPSA) is 110 Å². The molecule has 3 rings (SSSR count). The molecular weight excluding hydrogens is 330 g/mol. The van der Waals surface area contributed by atoms with Gasteiger partial charge in [0.1, 0.15) is 11.1 Å². The second kappa shape index (κ2) is 7.26. The van der Waals surface area contributed by atoms with Gasteiger partial charge in [-0.25, -0.2) is 14.6 Å². The second-order valence-corrected chi connectivity index (χ2v) is 6.18. The summed E-state index contributed by atoms with van der Waals surface area (Å²) in [5, 5.41) is 3.73. The lowest BCUT2D eigenvalue weighted by molar-refractivity contribution is 0.0151. The maximum Gasteiger partial charge on any atom is 0.360 e. The van der Waals surface area contributed by atoms with E-state index in [1.54, 1.807) is 28.9 Å². The molecule has 1 fully saturated rings. The van der Waals surface area contributed by atoms with Gasteiger partial charge in [-0.3, -0.25) is 4.98 Å². The number of piperidine rings is 1. The normalized spacial score (nSPS) is 15.1. The molecule has 8 nitrogen and oxygen atoms in total. The van der Waals surface area contributed by atoms with Crippen LogP contribution in [0.1, 0.15) is 23.3 Å². The number of nitrogens with one attached hydrogen (secondary N) is 1. The summed E-state index contributed by atoms with van der Waals surface area (Å²) in [5.41, 5.74) is 7.85. The number of nitrogens with two attached hydrogens (primary N) is 1. The molecule has 3 N–H and O–H groups in total. The number of likely N-dealkylation sites (tertiary alicyclic amines) is 1. The van der Waals surface area contributed by atoms with Crippen LogP contribution >= 0.6 is 11.3 Å². The van der Waals surface area contributed by atoms with Crippen LogP contribution in [0.3, 0.4) is 0 Å². The molecule has 0 unspecified atom stereocenters. The molecule has 2 aromatic heterocycles. The van der Waals surface area contributed by atoms with Crippen LogP contribution in [0.15, 0.2) is 30.0 Å². The smallest absolute Gasteiger partial charge is 0.360 e. The number of primary amides is 1. The van der Waals surface area contributed by atoms with E-state index in [1.165, 1.54) is 11.3 Å². The Morgan fingerprint density at radius 1 is 1.38 bits per heavy atom. The van der Waals surface area contributed by atoms with Crippen LogP contribution in [0.4, 0.5) is 15.5 Å². The van der Waals surface area contributed by atoms with E-state index in [-0.39, 0.29) is 11.8 Å². The van der Waals surface area contributed by atoms with Crippen LogP contribution in [0.25, 0.3) is 0 Å². The molecule has 2 aromatic rings. The summed E-state index contributed by atoms with van der Waals surface area (Å²) >= 11 is 1.32. The first-order valence-electron chi connectivity index (χ1n) is 7.49. The van der Waals surface area contributed by atoms with Gasteiger partial charge in [-0.05, 0) is 12.1 Å². The summed E-state index contributed by atoms with van der Waals surface area (Å²) in [6, 6.07) is 3.21. The van der Waals surface area contributed by atoms with Crippen molar-refractivity contribution in [2.75, 3.05) is 18.4 Å². The van der Waals surface area contributed by atoms with Crippen LogP contribution < -0.4 is 11.1 Å². The van der Waals surface area contributed by atoms with Gasteiger partial charge >= 0.3 is 12.0 Å². The van der Waals surface area contributed by atoms with Gasteiger partial charge in [0, 0.05) is 32.1 Å². The van der Waals surface area contributed by atoms with Crippen molar-refractivity contribution in [3.05, 3.63) is 35.7 Å². The molecule has 24 heavy (non-hydrogen) atoms. The molecule has 3 heterocycles. The Hall–Kier alpha value is -2.68. The van der Waals surface area contributed by atoms with Crippen LogP contribution in [-0.2, 0) is 4.74 Å². The summed E-state index contributed by atoms with van der Waals surface area (Å²) in [6.45, 7) is 0.982. The van der Waals surface area contributed by atoms with Crippen molar-refractivity contribution in [1.29, 1.82) is 0 Å². The number of thiazole rings is 1. The lowest BCUT2D eigenvalue weighted by atomic mass is 10.1. The van der Waals surface area contributed by atoms with Crippen molar-refractivity contribution in [2.24, 2.45) is 5.73 Å². The summed E-state index contributed by atoms with van der Waals surface area (Å²) in [6.07, 6.45) is 4.25. The van der Waals surface area contributed by atoms with E-state index in [1.807, 2.05) is 6.07 Å². The summed E-state index contributed by atoms with van der Waals surface area (Å²) in [5.74, 6) is -0.472. The predicted molar refractivity (Wildman–Crippen MR) is 89.2 cm³/mol. The molecule has 1 aliphatic rings. The third kappa shape index (κ3) is 3.80. The second-order valence-electron chi connectivity index (χ2n) is 5.33. The zero-order valence-corrected chi connectivity index (χ0v) is 13.7. The Morgan fingerprint density at radius 2 is 2.17 bits per heavy atom. The van der Waals surface area contributed by atoms with Gasteiger partial charge in [0.15, 0.2) is 5.69 Å². The number of esters is 1. The predicted octanol–water partition coefficient (Wildman–Crippen LogP) is 1.98. The molecule has 0 aromatic carbocycles. The zero-order valence-electron chi connectivity index (χ0n) is 12.8. The average molecular weight is 347 g/mol. The Balaban J connectivity index is 1.60. The van der Waals surface area contributed by atoms with E-state index in [0.717, 1.165) is 5.69 Å². The van der Waals surface area contributed by atoms with Crippen molar-refractivity contribution in [1.82, 2.24) is 14.9 Å². The average Bonchev–Trinajstić information content (AvgIpc) is 3.04. The van der Waals surface area contributed by atoms with Gasteiger partial charge < -0.3 is 20.7 Å². The molecule has 9 heteroatoms. The highest BCUT2D eigenvalue weighted by Gasteiger charge is 2.26. The van der Waals surface area contributed by atoms with Gasteiger partial charge in [0.25, 0.3) is 0 Å². The molecule has 0 radical (unpaired) electrons. The Labute approximate surface area is 142 Å². The standard InChI is InChI=1S/C15H17N5O3S/c16-15(22)20-6-3-11(4-7-20)23-14(21)12-13(24-9-18-12)19-10-2-1-5-17-8-10/h1-2,5,8-9,11,19H,3-4,6-7H2,(H2,16,22). The Bertz CT molecular complexity index is 713. The number of anilines is 2. The van der Waals surface area contributed by atoms with E-state index in [4.69, 9.17) is 10.5 Å². The van der Waals surface area contributed by atoms with Crippen LogP contribution in [0.2, 0.25) is 0 Å². The van der Waals surface area contributed by atoms with E-state index in [2.05, 4.69) is 15.3 Å². The van der Waals surface area contributed by atoms with Crippen molar-refractivity contribution in [2.45, 2.75) is 18.9 Å². The van der Waals surface area contributed by atoms with Gasteiger partial charge in [0.2, 0.25) is 0 Å². The lowest BCUT2D eigenvalue weighted by Crippen LogP contribution is -2.44. The van der Waals surface area contributed by atoms with Gasteiger partial charge in [-0.1, -0.05) is 0 Å².